The predicted molar refractivity (Wildman–Crippen MR) is 156 cm³/mol. The highest BCUT2D eigenvalue weighted by Crippen LogP contribution is 2.41. The second-order valence-electron chi connectivity index (χ2n) is 11.9. The van der Waals surface area contributed by atoms with Crippen molar-refractivity contribution in [3.63, 3.8) is 0 Å². The summed E-state index contributed by atoms with van der Waals surface area (Å²) in [5.41, 5.74) is 2.44. The van der Waals surface area contributed by atoms with Crippen LogP contribution in [-0.4, -0.2) is 40.5 Å². The first kappa shape index (κ1) is 29.9. The van der Waals surface area contributed by atoms with Crippen LogP contribution in [0.3, 0.4) is 0 Å². The van der Waals surface area contributed by atoms with Crippen molar-refractivity contribution in [1.82, 2.24) is 10.2 Å². The third-order valence-electron chi connectivity index (χ3n) is 6.77. The number of nitrogens with one attached hydrogen (secondary N) is 2. The number of amides is 3. The maximum atomic E-state index is 14.4. The van der Waals surface area contributed by atoms with Gasteiger partial charge in [0.2, 0.25) is 5.91 Å². The average Bonchev–Trinajstić information content (AvgIpc) is 3.57. The molecule has 7 nitrogen and oxygen atoms in total. The Morgan fingerprint density at radius 2 is 1.79 bits per heavy atom. The minimum Gasteiger partial charge on any atom is -0.444 e. The molecule has 0 saturated heterocycles. The highest BCUT2D eigenvalue weighted by Gasteiger charge is 2.48. The molecule has 0 aromatic heterocycles. The molecule has 3 rings (SSSR count). The van der Waals surface area contributed by atoms with E-state index in [1.165, 1.54) is 0 Å². The van der Waals surface area contributed by atoms with E-state index in [2.05, 4.69) is 24.1 Å². The normalized spacial score (nSPS) is 18.1. The van der Waals surface area contributed by atoms with Gasteiger partial charge in [-0.05, 0) is 81.2 Å². The Morgan fingerprint density at radius 3 is 2.36 bits per heavy atom. The van der Waals surface area contributed by atoms with Crippen LogP contribution in [0.5, 0.6) is 0 Å². The molecule has 1 fully saturated rings. The van der Waals surface area contributed by atoms with E-state index in [4.69, 9.17) is 4.74 Å². The Kier molecular flexibility index (Phi) is 9.59. The number of nitrogens with zero attached hydrogens (tertiary/aromatic N) is 1. The molecule has 0 heterocycles. The van der Waals surface area contributed by atoms with Gasteiger partial charge in [-0.2, -0.15) is 0 Å². The SMILES string of the molecule is C=Cc1cccc(C(C(=O)Nc2ccccc2C)N(C(=O)C(CC(C)C)NC(=O)OC(C)(C)C)C2CC2C)c1. The number of para-hydroxylation sites is 1. The largest absolute Gasteiger partial charge is 0.444 e. The van der Waals surface area contributed by atoms with Crippen molar-refractivity contribution in [3.8, 4) is 0 Å². The van der Waals surface area contributed by atoms with Crippen molar-refractivity contribution in [2.45, 2.75) is 85.0 Å². The number of rotatable bonds is 10. The van der Waals surface area contributed by atoms with E-state index in [0.717, 1.165) is 17.5 Å². The molecule has 0 aliphatic heterocycles. The summed E-state index contributed by atoms with van der Waals surface area (Å²) in [6, 6.07) is 13.2. The van der Waals surface area contributed by atoms with Gasteiger partial charge in [0.05, 0.1) is 0 Å². The first-order valence-electron chi connectivity index (χ1n) is 13.7. The van der Waals surface area contributed by atoms with Gasteiger partial charge in [-0.15, -0.1) is 0 Å². The lowest BCUT2D eigenvalue weighted by molar-refractivity contribution is -0.142. The monoisotopic (exact) mass is 533 g/mol. The quantitative estimate of drug-likeness (QED) is 0.365. The molecule has 0 radical (unpaired) electrons. The Labute approximate surface area is 233 Å². The van der Waals surface area contributed by atoms with Gasteiger partial charge in [-0.25, -0.2) is 4.79 Å². The maximum absolute atomic E-state index is 14.4. The molecular weight excluding hydrogens is 490 g/mol. The number of hydrogen-bond donors (Lipinski definition) is 2. The van der Waals surface area contributed by atoms with Crippen LogP contribution < -0.4 is 10.6 Å². The van der Waals surface area contributed by atoms with Crippen LogP contribution in [0.25, 0.3) is 6.08 Å². The zero-order valence-corrected chi connectivity index (χ0v) is 24.3. The lowest BCUT2D eigenvalue weighted by Gasteiger charge is -2.35. The summed E-state index contributed by atoms with van der Waals surface area (Å²) in [5, 5.41) is 5.87. The van der Waals surface area contributed by atoms with Crippen LogP contribution in [0, 0.1) is 18.8 Å². The summed E-state index contributed by atoms with van der Waals surface area (Å²) in [6.07, 6.45) is 2.26. The Hall–Kier alpha value is -3.61. The van der Waals surface area contributed by atoms with Crippen molar-refractivity contribution in [3.05, 3.63) is 71.8 Å². The number of carbonyl (C=O) groups is 3. The van der Waals surface area contributed by atoms with Crippen LogP contribution in [0.15, 0.2) is 55.1 Å². The summed E-state index contributed by atoms with van der Waals surface area (Å²) >= 11 is 0. The van der Waals surface area contributed by atoms with Gasteiger partial charge in [0.15, 0.2) is 0 Å². The van der Waals surface area contributed by atoms with Gasteiger partial charge in [0, 0.05) is 11.7 Å². The molecule has 0 bridgehead atoms. The van der Waals surface area contributed by atoms with E-state index in [1.54, 1.807) is 31.7 Å². The summed E-state index contributed by atoms with van der Waals surface area (Å²) in [7, 11) is 0. The third-order valence-corrected chi connectivity index (χ3v) is 6.77. The average molecular weight is 534 g/mol. The number of ether oxygens (including phenoxy) is 1. The fraction of sp³-hybridized carbons (Fsp3) is 0.469. The van der Waals surface area contributed by atoms with Gasteiger partial charge < -0.3 is 20.3 Å². The molecule has 4 unspecified atom stereocenters. The van der Waals surface area contributed by atoms with E-state index in [-0.39, 0.29) is 29.7 Å². The van der Waals surface area contributed by atoms with Crippen molar-refractivity contribution < 1.29 is 19.1 Å². The van der Waals surface area contributed by atoms with E-state index < -0.39 is 23.8 Å². The minimum absolute atomic E-state index is 0.121. The number of hydrogen-bond acceptors (Lipinski definition) is 4. The fourth-order valence-corrected chi connectivity index (χ4v) is 4.70. The second kappa shape index (κ2) is 12.5. The van der Waals surface area contributed by atoms with E-state index >= 15 is 0 Å². The van der Waals surface area contributed by atoms with E-state index in [1.807, 2.05) is 69.3 Å². The zero-order chi connectivity index (χ0) is 28.9. The van der Waals surface area contributed by atoms with Gasteiger partial charge in [0.1, 0.15) is 17.7 Å². The number of aryl methyl sites for hydroxylation is 1. The van der Waals surface area contributed by atoms with Gasteiger partial charge in [-0.1, -0.05) is 69.8 Å². The summed E-state index contributed by atoms with van der Waals surface area (Å²) in [4.78, 5) is 42.9. The molecule has 210 valence electrons. The third kappa shape index (κ3) is 8.19. The summed E-state index contributed by atoms with van der Waals surface area (Å²) < 4.78 is 5.48. The molecule has 1 saturated carbocycles. The Bertz CT molecular complexity index is 1200. The molecule has 4 atom stereocenters. The number of benzene rings is 2. The van der Waals surface area contributed by atoms with Gasteiger partial charge in [-0.3, -0.25) is 9.59 Å². The lowest BCUT2D eigenvalue weighted by atomic mass is 9.97. The van der Waals surface area contributed by atoms with Crippen molar-refractivity contribution in [2.24, 2.45) is 11.8 Å². The summed E-state index contributed by atoms with van der Waals surface area (Å²) in [5.74, 6) is -0.251. The van der Waals surface area contributed by atoms with Crippen LogP contribution in [0.1, 0.15) is 77.1 Å². The molecule has 3 amide bonds. The van der Waals surface area contributed by atoms with Gasteiger partial charge >= 0.3 is 6.09 Å². The van der Waals surface area contributed by atoms with Crippen LogP contribution in [0.2, 0.25) is 0 Å². The Balaban J connectivity index is 2.06. The Morgan fingerprint density at radius 1 is 1.13 bits per heavy atom. The lowest BCUT2D eigenvalue weighted by Crippen LogP contribution is -2.53. The van der Waals surface area contributed by atoms with Crippen LogP contribution in [0.4, 0.5) is 10.5 Å². The highest BCUT2D eigenvalue weighted by atomic mass is 16.6. The van der Waals surface area contributed by atoms with Crippen molar-refractivity contribution in [1.29, 1.82) is 0 Å². The molecule has 2 aromatic carbocycles. The second-order valence-corrected chi connectivity index (χ2v) is 11.9. The molecule has 0 spiro atoms. The van der Waals surface area contributed by atoms with Crippen LogP contribution in [-0.2, 0) is 14.3 Å². The van der Waals surface area contributed by atoms with Crippen molar-refractivity contribution in [2.75, 3.05) is 5.32 Å². The molecule has 2 N–H and O–H groups in total. The first-order valence-corrected chi connectivity index (χ1v) is 13.7. The summed E-state index contributed by atoms with van der Waals surface area (Å²) in [6.45, 7) is 17.2. The molecule has 7 heteroatoms. The van der Waals surface area contributed by atoms with E-state index in [0.29, 0.717) is 17.7 Å². The van der Waals surface area contributed by atoms with Crippen molar-refractivity contribution >= 4 is 29.7 Å². The zero-order valence-electron chi connectivity index (χ0n) is 24.3. The fourth-order valence-electron chi connectivity index (χ4n) is 4.70. The van der Waals surface area contributed by atoms with Crippen LogP contribution >= 0.6 is 0 Å². The van der Waals surface area contributed by atoms with E-state index in [9.17, 15) is 14.4 Å². The number of carbonyl (C=O) groups excluding carboxylic acids is 3. The molecule has 39 heavy (non-hydrogen) atoms. The first-order chi connectivity index (χ1) is 18.3. The minimum atomic E-state index is -0.901. The predicted octanol–water partition coefficient (Wildman–Crippen LogP) is 6.49. The molecule has 1 aliphatic rings. The standard InChI is InChI=1S/C32H43N3O4/c1-9-23-14-12-15-24(19-23)28(29(36)33-25-16-11-10-13-21(25)4)35(27-18-22(27)5)30(37)26(17-20(2)3)34-31(38)39-32(6,7)8/h9-16,19-20,22,26-28H,1,17-18H2,2-8H3,(H,33,36)(H,34,38). The molecule has 1 aliphatic carbocycles. The smallest absolute Gasteiger partial charge is 0.408 e. The number of anilines is 1. The van der Waals surface area contributed by atoms with Gasteiger partial charge in [0.25, 0.3) is 5.91 Å². The topological polar surface area (TPSA) is 87.7 Å². The highest BCUT2D eigenvalue weighted by molar-refractivity contribution is 5.99. The molecule has 2 aromatic rings. The molecular formula is C32H43N3O4. The maximum Gasteiger partial charge on any atom is 0.408 e. The number of alkyl carbamates (subject to hydrolysis) is 1.